The standard InChI is InChI=1S/C33H43N5O/c1-5-23-12-9-13-24(6-2)30(23)32-35-22(3)28(33(36-32)38-19-17-26(18-20-38)31(34)39)21-37(4)29-16-10-14-25-11-7-8-15-27(25)29/h7-9,11-13,15,26,29H,5-6,10,14,16-21H2,1-4H3,(H2,34,39)/t29-/m0/s1. The van der Waals surface area contributed by atoms with E-state index in [0.29, 0.717) is 6.04 Å². The minimum Gasteiger partial charge on any atom is -0.369 e. The van der Waals surface area contributed by atoms with Crippen molar-refractivity contribution in [1.29, 1.82) is 0 Å². The third-order valence-electron chi connectivity index (χ3n) is 8.89. The Hall–Kier alpha value is -3.25. The summed E-state index contributed by atoms with van der Waals surface area (Å²) in [6.45, 7) is 8.89. The monoisotopic (exact) mass is 525 g/mol. The van der Waals surface area contributed by atoms with E-state index < -0.39 is 0 Å². The molecule has 39 heavy (non-hydrogen) atoms. The summed E-state index contributed by atoms with van der Waals surface area (Å²) < 4.78 is 0. The van der Waals surface area contributed by atoms with Crippen molar-refractivity contribution in [1.82, 2.24) is 14.9 Å². The highest BCUT2D eigenvalue weighted by Gasteiger charge is 2.29. The van der Waals surface area contributed by atoms with Gasteiger partial charge in [0.1, 0.15) is 5.82 Å². The minimum atomic E-state index is -0.186. The number of piperidine rings is 1. The van der Waals surface area contributed by atoms with E-state index in [4.69, 9.17) is 15.7 Å². The molecule has 6 heteroatoms. The Morgan fingerprint density at radius 3 is 2.36 bits per heavy atom. The van der Waals surface area contributed by atoms with E-state index in [-0.39, 0.29) is 11.8 Å². The molecule has 0 unspecified atom stereocenters. The summed E-state index contributed by atoms with van der Waals surface area (Å²) in [7, 11) is 2.24. The smallest absolute Gasteiger partial charge is 0.220 e. The third-order valence-corrected chi connectivity index (χ3v) is 8.89. The average Bonchev–Trinajstić information content (AvgIpc) is 2.97. The molecule has 206 valence electrons. The summed E-state index contributed by atoms with van der Waals surface area (Å²) in [5.74, 6) is 1.60. The van der Waals surface area contributed by atoms with Crippen LogP contribution in [0.2, 0.25) is 0 Å². The van der Waals surface area contributed by atoms with Crippen LogP contribution in [0.25, 0.3) is 11.4 Å². The first-order valence-electron chi connectivity index (χ1n) is 14.7. The lowest BCUT2D eigenvalue weighted by atomic mass is 9.87. The second-order valence-electron chi connectivity index (χ2n) is 11.3. The number of nitrogens with zero attached hydrogens (tertiary/aromatic N) is 4. The molecule has 3 aromatic rings. The van der Waals surface area contributed by atoms with Gasteiger partial charge in [0, 0.05) is 48.4 Å². The van der Waals surface area contributed by atoms with Gasteiger partial charge in [-0.3, -0.25) is 9.69 Å². The van der Waals surface area contributed by atoms with Crippen molar-refractivity contribution >= 4 is 11.7 Å². The van der Waals surface area contributed by atoms with Gasteiger partial charge in [0.15, 0.2) is 5.82 Å². The van der Waals surface area contributed by atoms with Crippen molar-refractivity contribution < 1.29 is 4.79 Å². The molecule has 2 heterocycles. The van der Waals surface area contributed by atoms with Crippen molar-refractivity contribution in [2.45, 2.75) is 78.3 Å². The fourth-order valence-electron chi connectivity index (χ4n) is 6.59. The van der Waals surface area contributed by atoms with E-state index >= 15 is 0 Å². The average molecular weight is 526 g/mol. The highest BCUT2D eigenvalue weighted by Crippen LogP contribution is 2.37. The van der Waals surface area contributed by atoms with Gasteiger partial charge in [0.25, 0.3) is 0 Å². The largest absolute Gasteiger partial charge is 0.369 e. The van der Waals surface area contributed by atoms with Crippen LogP contribution in [0.3, 0.4) is 0 Å². The summed E-state index contributed by atoms with van der Waals surface area (Å²) in [6.07, 6.45) is 6.95. The Balaban J connectivity index is 1.55. The highest BCUT2D eigenvalue weighted by molar-refractivity contribution is 5.77. The van der Waals surface area contributed by atoms with Crippen molar-refractivity contribution in [2.24, 2.45) is 11.7 Å². The summed E-state index contributed by atoms with van der Waals surface area (Å²) >= 11 is 0. The van der Waals surface area contributed by atoms with Gasteiger partial charge in [0.05, 0.1) is 0 Å². The molecule has 6 nitrogen and oxygen atoms in total. The van der Waals surface area contributed by atoms with Crippen LogP contribution in [0.4, 0.5) is 5.82 Å². The molecule has 1 aromatic heterocycles. The molecule has 1 aliphatic carbocycles. The van der Waals surface area contributed by atoms with Gasteiger partial charge in [-0.2, -0.15) is 0 Å². The number of primary amides is 1. The lowest BCUT2D eigenvalue weighted by Crippen LogP contribution is -2.40. The van der Waals surface area contributed by atoms with Crippen LogP contribution in [-0.2, 0) is 30.6 Å². The summed E-state index contributed by atoms with van der Waals surface area (Å²) in [5, 5.41) is 0. The highest BCUT2D eigenvalue weighted by atomic mass is 16.1. The fourth-order valence-corrected chi connectivity index (χ4v) is 6.59. The van der Waals surface area contributed by atoms with E-state index in [2.05, 4.69) is 80.1 Å². The van der Waals surface area contributed by atoms with Gasteiger partial charge in [0.2, 0.25) is 5.91 Å². The first kappa shape index (κ1) is 27.3. The Morgan fingerprint density at radius 1 is 1.00 bits per heavy atom. The summed E-state index contributed by atoms with van der Waals surface area (Å²) in [6, 6.07) is 15.8. The van der Waals surface area contributed by atoms with Gasteiger partial charge in [-0.15, -0.1) is 0 Å². The van der Waals surface area contributed by atoms with E-state index in [1.54, 1.807) is 0 Å². The molecule has 0 saturated carbocycles. The summed E-state index contributed by atoms with van der Waals surface area (Å²) in [5.41, 5.74) is 14.6. The number of rotatable bonds is 8. The molecule has 1 amide bonds. The second-order valence-corrected chi connectivity index (χ2v) is 11.3. The zero-order valence-corrected chi connectivity index (χ0v) is 24.0. The number of hydrogen-bond donors (Lipinski definition) is 1. The van der Waals surface area contributed by atoms with Gasteiger partial charge in [-0.05, 0) is 81.2 Å². The maximum Gasteiger partial charge on any atom is 0.220 e. The van der Waals surface area contributed by atoms with Gasteiger partial charge >= 0.3 is 0 Å². The van der Waals surface area contributed by atoms with Crippen molar-refractivity contribution in [2.75, 3.05) is 25.0 Å². The molecule has 2 aromatic carbocycles. The van der Waals surface area contributed by atoms with Gasteiger partial charge in [-0.25, -0.2) is 9.97 Å². The van der Waals surface area contributed by atoms with Crippen LogP contribution < -0.4 is 10.6 Å². The number of hydrogen-bond acceptors (Lipinski definition) is 5. The lowest BCUT2D eigenvalue weighted by Gasteiger charge is -2.36. The zero-order chi connectivity index (χ0) is 27.5. The molecule has 1 atom stereocenters. The quantitative estimate of drug-likeness (QED) is 0.403. The number of fused-ring (bicyclic) bond motifs is 1. The Kier molecular flexibility index (Phi) is 8.31. The van der Waals surface area contributed by atoms with Crippen LogP contribution in [0, 0.1) is 12.8 Å². The van der Waals surface area contributed by atoms with E-state index in [0.717, 1.165) is 75.5 Å². The van der Waals surface area contributed by atoms with Crippen molar-refractivity contribution in [3.8, 4) is 11.4 Å². The predicted molar refractivity (Wildman–Crippen MR) is 159 cm³/mol. The van der Waals surface area contributed by atoms with Gasteiger partial charge in [-0.1, -0.05) is 56.3 Å². The topological polar surface area (TPSA) is 75.3 Å². The SMILES string of the molecule is CCc1cccc(CC)c1-c1nc(C)c(CN(C)[C@H]2CCCc3ccccc32)c(N2CCC(C(N)=O)CC2)n1. The third kappa shape index (κ3) is 5.58. The molecule has 2 N–H and O–H groups in total. The molecule has 5 rings (SSSR count). The van der Waals surface area contributed by atoms with Crippen LogP contribution in [0.5, 0.6) is 0 Å². The lowest BCUT2D eigenvalue weighted by molar-refractivity contribution is -0.122. The number of aryl methyl sites for hydroxylation is 4. The van der Waals surface area contributed by atoms with Crippen LogP contribution in [0.15, 0.2) is 42.5 Å². The normalized spacial score (nSPS) is 17.9. The molecule has 1 aliphatic heterocycles. The zero-order valence-electron chi connectivity index (χ0n) is 24.0. The molecular formula is C33H43N5O. The molecule has 0 bridgehead atoms. The number of nitrogens with two attached hydrogens (primary N) is 1. The van der Waals surface area contributed by atoms with Crippen LogP contribution >= 0.6 is 0 Å². The van der Waals surface area contributed by atoms with Gasteiger partial charge < -0.3 is 10.6 Å². The maximum absolute atomic E-state index is 11.9. The van der Waals surface area contributed by atoms with Crippen LogP contribution in [-0.4, -0.2) is 40.9 Å². The molecule has 2 aliphatic rings. The van der Waals surface area contributed by atoms with Crippen LogP contribution in [0.1, 0.15) is 79.1 Å². The van der Waals surface area contributed by atoms with E-state index in [1.165, 1.54) is 39.8 Å². The molecule has 1 saturated heterocycles. The first-order chi connectivity index (χ1) is 18.9. The molecule has 1 fully saturated rings. The Labute approximate surface area is 233 Å². The number of benzene rings is 2. The molecule has 0 spiro atoms. The van der Waals surface area contributed by atoms with E-state index in [1.807, 2.05) is 0 Å². The minimum absolute atomic E-state index is 0.0546. The first-order valence-corrected chi connectivity index (χ1v) is 14.7. The van der Waals surface area contributed by atoms with E-state index in [9.17, 15) is 4.79 Å². The van der Waals surface area contributed by atoms with Crippen molar-refractivity contribution in [3.05, 3.63) is 76.0 Å². The van der Waals surface area contributed by atoms with Crippen molar-refractivity contribution in [3.63, 3.8) is 0 Å². The fraction of sp³-hybridized carbons (Fsp3) is 0.485. The number of carbonyl (C=O) groups is 1. The number of aromatic nitrogens is 2. The Morgan fingerprint density at radius 2 is 1.69 bits per heavy atom. The summed E-state index contributed by atoms with van der Waals surface area (Å²) in [4.78, 5) is 27.2. The maximum atomic E-state index is 11.9. The molecule has 0 radical (unpaired) electrons. The number of amides is 1. The second kappa shape index (κ2) is 11.9. The number of carbonyl (C=O) groups excluding carboxylic acids is 1. The number of anilines is 1. The Bertz CT molecular complexity index is 1310. The predicted octanol–water partition coefficient (Wildman–Crippen LogP) is 5.79. The molecular weight excluding hydrogens is 482 g/mol.